The van der Waals surface area contributed by atoms with Gasteiger partial charge in [0, 0.05) is 5.69 Å². The number of hydrogen-bond donors (Lipinski definition) is 2. The maximum Gasteiger partial charge on any atom is 0.325 e. The zero-order valence-electron chi connectivity index (χ0n) is 17.1. The monoisotopic (exact) mass is 409 g/mol. The summed E-state index contributed by atoms with van der Waals surface area (Å²) in [7, 11) is 0. The Morgan fingerprint density at radius 1 is 1.10 bits per heavy atom. The molecule has 0 unspecified atom stereocenters. The van der Waals surface area contributed by atoms with E-state index in [1.54, 1.807) is 25.1 Å². The number of amides is 4. The summed E-state index contributed by atoms with van der Waals surface area (Å²) < 4.78 is 11.1. The van der Waals surface area contributed by atoms with Crippen molar-refractivity contribution in [1.29, 1.82) is 0 Å². The van der Waals surface area contributed by atoms with E-state index in [-0.39, 0.29) is 6.54 Å². The largest absolute Gasteiger partial charge is 0.486 e. The van der Waals surface area contributed by atoms with Gasteiger partial charge in [0.25, 0.3) is 5.91 Å². The number of fused-ring (bicyclic) bond motifs is 1. The molecule has 2 aliphatic rings. The lowest BCUT2D eigenvalue weighted by Crippen LogP contribution is -2.42. The smallest absolute Gasteiger partial charge is 0.325 e. The van der Waals surface area contributed by atoms with Gasteiger partial charge in [-0.25, -0.2) is 4.79 Å². The van der Waals surface area contributed by atoms with E-state index >= 15 is 0 Å². The van der Waals surface area contributed by atoms with Crippen molar-refractivity contribution >= 4 is 23.5 Å². The van der Waals surface area contributed by atoms with E-state index in [9.17, 15) is 14.4 Å². The third-order valence-electron chi connectivity index (χ3n) is 5.36. The fraction of sp³-hybridized carbons (Fsp3) is 0.318. The maximum absolute atomic E-state index is 13.1. The standard InChI is InChI=1S/C22H23N3O5/c1-13-4-5-14(2)16(10-13)23-19(26)12-25-20(27)22(3,24-21(25)28)15-6-7-17-18(11-15)30-9-8-29-17/h4-7,10-11H,8-9,12H2,1-3H3,(H,23,26)(H,24,28)/t22-/m1/s1. The van der Waals surface area contributed by atoms with Crippen molar-refractivity contribution in [3.8, 4) is 11.5 Å². The van der Waals surface area contributed by atoms with Gasteiger partial charge >= 0.3 is 6.03 Å². The zero-order chi connectivity index (χ0) is 21.5. The lowest BCUT2D eigenvalue weighted by atomic mass is 9.91. The molecule has 0 aromatic heterocycles. The number of rotatable bonds is 4. The van der Waals surface area contributed by atoms with Crippen molar-refractivity contribution in [2.75, 3.05) is 25.1 Å². The number of benzene rings is 2. The summed E-state index contributed by atoms with van der Waals surface area (Å²) in [6.45, 7) is 5.91. The summed E-state index contributed by atoms with van der Waals surface area (Å²) in [6.07, 6.45) is 0. The fourth-order valence-electron chi connectivity index (χ4n) is 3.59. The Morgan fingerprint density at radius 2 is 1.83 bits per heavy atom. The average Bonchev–Trinajstić information content (AvgIpc) is 2.94. The number of ether oxygens (including phenoxy) is 2. The molecule has 30 heavy (non-hydrogen) atoms. The first-order valence-corrected chi connectivity index (χ1v) is 9.69. The lowest BCUT2D eigenvalue weighted by Gasteiger charge is -2.25. The highest BCUT2D eigenvalue weighted by Crippen LogP contribution is 2.36. The molecule has 0 aliphatic carbocycles. The SMILES string of the molecule is Cc1ccc(C)c(NC(=O)CN2C(=O)N[C@](C)(c3ccc4c(c3)OCCO4)C2=O)c1. The molecule has 2 N–H and O–H groups in total. The molecule has 0 spiro atoms. The van der Waals surface area contributed by atoms with Crippen LogP contribution in [0, 0.1) is 13.8 Å². The maximum atomic E-state index is 13.1. The Morgan fingerprint density at radius 3 is 2.60 bits per heavy atom. The number of carbonyl (C=O) groups is 3. The highest BCUT2D eigenvalue weighted by molar-refractivity contribution is 6.10. The molecule has 0 bridgehead atoms. The number of urea groups is 1. The van der Waals surface area contributed by atoms with Crippen LogP contribution >= 0.6 is 0 Å². The Kier molecular flexibility index (Phi) is 4.85. The molecule has 4 amide bonds. The number of nitrogens with one attached hydrogen (secondary N) is 2. The predicted octanol–water partition coefficient (Wildman–Crippen LogP) is 2.48. The van der Waals surface area contributed by atoms with Gasteiger partial charge in [-0.3, -0.25) is 14.5 Å². The van der Waals surface area contributed by atoms with Crippen LogP contribution in [0.1, 0.15) is 23.6 Å². The van der Waals surface area contributed by atoms with Crippen LogP contribution in [-0.2, 0) is 15.1 Å². The minimum atomic E-state index is -1.30. The third-order valence-corrected chi connectivity index (χ3v) is 5.36. The van der Waals surface area contributed by atoms with Gasteiger partial charge in [-0.2, -0.15) is 0 Å². The first-order chi connectivity index (χ1) is 14.3. The molecule has 1 saturated heterocycles. The van der Waals surface area contributed by atoms with Gasteiger partial charge < -0.3 is 20.1 Å². The second-order valence-corrected chi connectivity index (χ2v) is 7.67. The van der Waals surface area contributed by atoms with E-state index in [2.05, 4.69) is 10.6 Å². The second-order valence-electron chi connectivity index (χ2n) is 7.67. The van der Waals surface area contributed by atoms with Gasteiger partial charge in [-0.05, 0) is 55.7 Å². The molecule has 8 heteroatoms. The first kappa shape index (κ1) is 19.8. The van der Waals surface area contributed by atoms with Gasteiger partial charge in [0.15, 0.2) is 11.5 Å². The lowest BCUT2D eigenvalue weighted by molar-refractivity contribution is -0.133. The van der Waals surface area contributed by atoms with E-state index in [0.29, 0.717) is 36.0 Å². The minimum Gasteiger partial charge on any atom is -0.486 e. The fourth-order valence-corrected chi connectivity index (χ4v) is 3.59. The molecule has 4 rings (SSSR count). The molecular weight excluding hydrogens is 386 g/mol. The molecule has 2 aliphatic heterocycles. The van der Waals surface area contributed by atoms with Gasteiger partial charge in [0.2, 0.25) is 5.91 Å². The van der Waals surface area contributed by atoms with Crippen molar-refractivity contribution in [2.24, 2.45) is 0 Å². The molecule has 0 saturated carbocycles. The van der Waals surface area contributed by atoms with Crippen LogP contribution in [0.4, 0.5) is 10.5 Å². The zero-order valence-corrected chi connectivity index (χ0v) is 17.1. The van der Waals surface area contributed by atoms with Crippen molar-refractivity contribution in [3.63, 3.8) is 0 Å². The second kappa shape index (κ2) is 7.37. The highest BCUT2D eigenvalue weighted by Gasteiger charge is 2.49. The van der Waals surface area contributed by atoms with Gasteiger partial charge in [-0.15, -0.1) is 0 Å². The summed E-state index contributed by atoms with van der Waals surface area (Å²) in [5, 5.41) is 5.48. The van der Waals surface area contributed by atoms with Crippen LogP contribution in [-0.4, -0.2) is 42.5 Å². The Hall–Kier alpha value is -3.55. The molecule has 2 heterocycles. The number of carbonyl (C=O) groups excluding carboxylic acids is 3. The van der Waals surface area contributed by atoms with Crippen LogP contribution in [0.2, 0.25) is 0 Å². The number of hydrogen-bond acceptors (Lipinski definition) is 5. The molecule has 0 radical (unpaired) electrons. The Bertz CT molecular complexity index is 1050. The Balaban J connectivity index is 1.52. The molecule has 156 valence electrons. The third kappa shape index (κ3) is 3.45. The molecule has 2 aromatic rings. The van der Waals surface area contributed by atoms with Gasteiger partial charge in [-0.1, -0.05) is 18.2 Å². The van der Waals surface area contributed by atoms with Crippen molar-refractivity contribution < 1.29 is 23.9 Å². The number of anilines is 1. The van der Waals surface area contributed by atoms with E-state index in [4.69, 9.17) is 9.47 Å². The molecular formula is C22H23N3O5. The van der Waals surface area contributed by atoms with Crippen molar-refractivity contribution in [3.05, 3.63) is 53.1 Å². The van der Waals surface area contributed by atoms with E-state index in [1.165, 1.54) is 0 Å². The quantitative estimate of drug-likeness (QED) is 0.757. The summed E-state index contributed by atoms with van der Waals surface area (Å²) in [5.74, 6) is 0.169. The minimum absolute atomic E-state index is 0.377. The first-order valence-electron chi connectivity index (χ1n) is 9.69. The van der Waals surface area contributed by atoms with E-state index < -0.39 is 23.4 Å². The number of nitrogens with zero attached hydrogens (tertiary/aromatic N) is 1. The number of aryl methyl sites for hydroxylation is 2. The van der Waals surface area contributed by atoms with E-state index in [1.807, 2.05) is 32.0 Å². The average molecular weight is 409 g/mol. The van der Waals surface area contributed by atoms with Crippen LogP contribution in [0.25, 0.3) is 0 Å². The van der Waals surface area contributed by atoms with E-state index in [0.717, 1.165) is 16.0 Å². The van der Waals surface area contributed by atoms with Gasteiger partial charge in [0.1, 0.15) is 25.3 Å². The Labute approximate surface area is 174 Å². The summed E-state index contributed by atoms with van der Waals surface area (Å²) >= 11 is 0. The number of imide groups is 1. The summed E-state index contributed by atoms with van der Waals surface area (Å²) in [6, 6.07) is 10.2. The summed E-state index contributed by atoms with van der Waals surface area (Å²) in [4.78, 5) is 39.1. The van der Waals surface area contributed by atoms with Crippen LogP contribution in [0.5, 0.6) is 11.5 Å². The van der Waals surface area contributed by atoms with Crippen LogP contribution < -0.4 is 20.1 Å². The molecule has 1 atom stereocenters. The normalized spacial score (nSPS) is 20.2. The van der Waals surface area contributed by atoms with Crippen LogP contribution in [0.3, 0.4) is 0 Å². The predicted molar refractivity (Wildman–Crippen MR) is 110 cm³/mol. The van der Waals surface area contributed by atoms with Crippen LogP contribution in [0.15, 0.2) is 36.4 Å². The molecule has 2 aromatic carbocycles. The van der Waals surface area contributed by atoms with Crippen molar-refractivity contribution in [2.45, 2.75) is 26.3 Å². The molecule has 1 fully saturated rings. The van der Waals surface area contributed by atoms with Crippen molar-refractivity contribution in [1.82, 2.24) is 10.2 Å². The summed E-state index contributed by atoms with van der Waals surface area (Å²) in [5.41, 5.74) is 1.81. The highest BCUT2D eigenvalue weighted by atomic mass is 16.6. The van der Waals surface area contributed by atoms with Gasteiger partial charge in [0.05, 0.1) is 0 Å². The topological polar surface area (TPSA) is 97.0 Å². The molecule has 8 nitrogen and oxygen atoms in total.